The van der Waals surface area contributed by atoms with Crippen molar-refractivity contribution in [2.45, 2.75) is 44.7 Å². The molecule has 1 saturated heterocycles. The van der Waals surface area contributed by atoms with Crippen molar-refractivity contribution in [1.82, 2.24) is 19.6 Å². The molecule has 0 amide bonds. The van der Waals surface area contributed by atoms with E-state index < -0.39 is 0 Å². The Bertz CT molecular complexity index is 1460. The van der Waals surface area contributed by atoms with Crippen LogP contribution in [0, 0.1) is 0 Å². The summed E-state index contributed by atoms with van der Waals surface area (Å²) in [6, 6.07) is 24.8. The minimum absolute atomic E-state index is 0.0332. The zero-order valence-electron chi connectivity index (χ0n) is 21.9. The normalized spacial score (nSPS) is 18.8. The molecule has 38 heavy (non-hydrogen) atoms. The molecule has 4 aromatic rings. The lowest BCUT2D eigenvalue weighted by Crippen LogP contribution is -2.38. The summed E-state index contributed by atoms with van der Waals surface area (Å²) < 4.78 is 1.80. The number of hydrogen-bond acceptors (Lipinski definition) is 4. The highest BCUT2D eigenvalue weighted by molar-refractivity contribution is 6.30. The highest BCUT2D eigenvalue weighted by Gasteiger charge is 2.23. The third-order valence-corrected chi connectivity index (χ3v) is 8.52. The standard InChI is InChI=1S/C32H35ClN4O/c33-27-13-11-24(12-14-27)22-31-29-9-3-4-10-30(29)32(38)37(34-31)28-8-5-17-35(19-16-28)20-21-36-18-15-25-6-1-2-7-26(25)23-36/h1-4,6-7,9-14,28H,5,8,15-23H2. The summed E-state index contributed by atoms with van der Waals surface area (Å²) in [6.45, 7) is 6.46. The van der Waals surface area contributed by atoms with Gasteiger partial charge in [-0.25, -0.2) is 4.68 Å². The SMILES string of the molecule is O=c1c2ccccc2c(Cc2ccc(Cl)cc2)nn1C1CCCN(CCN2CCc3ccccc3C2)CC1. The largest absolute Gasteiger partial charge is 0.302 e. The summed E-state index contributed by atoms with van der Waals surface area (Å²) in [5, 5.41) is 7.43. The maximum absolute atomic E-state index is 13.6. The van der Waals surface area contributed by atoms with Gasteiger partial charge in [0.05, 0.1) is 17.1 Å². The van der Waals surface area contributed by atoms with Crippen molar-refractivity contribution in [2.24, 2.45) is 0 Å². The van der Waals surface area contributed by atoms with E-state index in [0.717, 1.165) is 92.0 Å². The molecule has 0 spiro atoms. The van der Waals surface area contributed by atoms with Crippen LogP contribution in [-0.4, -0.2) is 52.3 Å². The lowest BCUT2D eigenvalue weighted by Gasteiger charge is -2.31. The van der Waals surface area contributed by atoms with Crippen LogP contribution < -0.4 is 5.56 Å². The molecule has 6 rings (SSSR count). The lowest BCUT2D eigenvalue weighted by atomic mass is 10.00. The van der Waals surface area contributed by atoms with Crippen molar-refractivity contribution in [2.75, 3.05) is 32.7 Å². The van der Waals surface area contributed by atoms with E-state index in [0.29, 0.717) is 6.42 Å². The van der Waals surface area contributed by atoms with E-state index in [1.54, 1.807) is 4.68 Å². The monoisotopic (exact) mass is 526 g/mol. The fourth-order valence-electron chi connectivity index (χ4n) is 6.08. The average Bonchev–Trinajstić information content (AvgIpc) is 3.20. The predicted molar refractivity (Wildman–Crippen MR) is 155 cm³/mol. The maximum atomic E-state index is 13.6. The molecule has 0 radical (unpaired) electrons. The molecule has 3 aromatic carbocycles. The molecule has 5 nitrogen and oxygen atoms in total. The Morgan fingerprint density at radius 2 is 1.53 bits per heavy atom. The third-order valence-electron chi connectivity index (χ3n) is 8.27. The lowest BCUT2D eigenvalue weighted by molar-refractivity contribution is 0.194. The quantitative estimate of drug-likeness (QED) is 0.322. The van der Waals surface area contributed by atoms with E-state index in [2.05, 4.69) is 34.1 Å². The molecule has 2 aliphatic heterocycles. The van der Waals surface area contributed by atoms with E-state index in [1.807, 2.05) is 48.5 Å². The van der Waals surface area contributed by atoms with Gasteiger partial charge in [0.25, 0.3) is 5.56 Å². The highest BCUT2D eigenvalue weighted by Crippen LogP contribution is 2.25. The maximum Gasteiger partial charge on any atom is 0.274 e. The van der Waals surface area contributed by atoms with Gasteiger partial charge in [-0.1, -0.05) is 66.2 Å². The molecule has 1 unspecified atom stereocenters. The fraction of sp³-hybridized carbons (Fsp3) is 0.375. The highest BCUT2D eigenvalue weighted by atomic mass is 35.5. The van der Waals surface area contributed by atoms with Crippen molar-refractivity contribution in [3.05, 3.63) is 111 Å². The van der Waals surface area contributed by atoms with Gasteiger partial charge in [0.2, 0.25) is 0 Å². The Morgan fingerprint density at radius 3 is 2.37 bits per heavy atom. The summed E-state index contributed by atoms with van der Waals surface area (Å²) in [4.78, 5) is 18.7. The molecule has 1 aromatic heterocycles. The molecule has 196 valence electrons. The zero-order chi connectivity index (χ0) is 25.9. The van der Waals surface area contributed by atoms with Crippen LogP contribution in [0.3, 0.4) is 0 Å². The second-order valence-corrected chi connectivity index (χ2v) is 11.2. The molecule has 0 bridgehead atoms. The van der Waals surface area contributed by atoms with Gasteiger partial charge in [-0.2, -0.15) is 5.10 Å². The summed E-state index contributed by atoms with van der Waals surface area (Å²) in [5.41, 5.74) is 5.11. The van der Waals surface area contributed by atoms with Crippen molar-refractivity contribution >= 4 is 22.4 Å². The van der Waals surface area contributed by atoms with Crippen LogP contribution in [0.4, 0.5) is 0 Å². The zero-order valence-corrected chi connectivity index (χ0v) is 22.6. The Kier molecular flexibility index (Phi) is 7.59. The van der Waals surface area contributed by atoms with Gasteiger partial charge in [-0.3, -0.25) is 9.69 Å². The Hall–Kier alpha value is -2.99. The van der Waals surface area contributed by atoms with Crippen molar-refractivity contribution < 1.29 is 0 Å². The van der Waals surface area contributed by atoms with E-state index in [1.165, 1.54) is 11.1 Å². The second-order valence-electron chi connectivity index (χ2n) is 10.8. The van der Waals surface area contributed by atoms with Gasteiger partial charge in [-0.05, 0) is 67.1 Å². The smallest absolute Gasteiger partial charge is 0.274 e. The molecule has 0 saturated carbocycles. The van der Waals surface area contributed by atoms with Crippen LogP contribution in [-0.2, 0) is 19.4 Å². The van der Waals surface area contributed by atoms with Crippen LogP contribution in [0.2, 0.25) is 5.02 Å². The second kappa shape index (κ2) is 11.4. The summed E-state index contributed by atoms with van der Waals surface area (Å²) in [6.07, 6.45) is 4.84. The summed E-state index contributed by atoms with van der Waals surface area (Å²) >= 11 is 6.10. The van der Waals surface area contributed by atoms with Gasteiger partial charge >= 0.3 is 0 Å². The van der Waals surface area contributed by atoms with E-state index >= 15 is 0 Å². The van der Waals surface area contributed by atoms with Crippen molar-refractivity contribution in [1.29, 1.82) is 0 Å². The van der Waals surface area contributed by atoms with Gasteiger partial charge in [-0.15, -0.1) is 0 Å². The van der Waals surface area contributed by atoms with Crippen molar-refractivity contribution in [3.8, 4) is 0 Å². The molecule has 1 atom stereocenters. The number of likely N-dealkylation sites (tertiary alicyclic amines) is 1. The fourth-order valence-corrected chi connectivity index (χ4v) is 6.21. The van der Waals surface area contributed by atoms with E-state index in [9.17, 15) is 4.79 Å². The molecule has 3 heterocycles. The van der Waals surface area contributed by atoms with Crippen LogP contribution in [0.25, 0.3) is 10.8 Å². The van der Waals surface area contributed by atoms with E-state index in [-0.39, 0.29) is 11.6 Å². The number of benzene rings is 3. The first-order valence-corrected chi connectivity index (χ1v) is 14.3. The number of nitrogens with zero attached hydrogens (tertiary/aromatic N) is 4. The Morgan fingerprint density at radius 1 is 0.789 bits per heavy atom. The van der Waals surface area contributed by atoms with Crippen molar-refractivity contribution in [3.63, 3.8) is 0 Å². The molecule has 1 fully saturated rings. The molecule has 2 aliphatic rings. The minimum atomic E-state index is 0.0332. The molecule has 0 aliphatic carbocycles. The van der Waals surface area contributed by atoms with Gasteiger partial charge in [0, 0.05) is 49.6 Å². The van der Waals surface area contributed by atoms with Crippen LogP contribution in [0.1, 0.15) is 47.7 Å². The van der Waals surface area contributed by atoms with Crippen LogP contribution in [0.15, 0.2) is 77.6 Å². The number of fused-ring (bicyclic) bond motifs is 2. The van der Waals surface area contributed by atoms with Crippen LogP contribution >= 0.6 is 11.6 Å². The third kappa shape index (κ3) is 5.56. The average molecular weight is 527 g/mol. The van der Waals surface area contributed by atoms with Gasteiger partial charge in [0.1, 0.15) is 0 Å². The number of rotatable bonds is 6. The first-order chi connectivity index (χ1) is 18.6. The van der Waals surface area contributed by atoms with E-state index in [4.69, 9.17) is 16.7 Å². The first kappa shape index (κ1) is 25.3. The number of hydrogen-bond donors (Lipinski definition) is 0. The summed E-state index contributed by atoms with van der Waals surface area (Å²) in [5.74, 6) is 0. The Balaban J connectivity index is 1.16. The molecular formula is C32H35ClN4O. The Labute approximate surface area is 229 Å². The number of halogens is 1. The van der Waals surface area contributed by atoms with Gasteiger partial charge in [0.15, 0.2) is 0 Å². The predicted octanol–water partition coefficient (Wildman–Crippen LogP) is 5.73. The van der Waals surface area contributed by atoms with Crippen LogP contribution in [0.5, 0.6) is 0 Å². The van der Waals surface area contributed by atoms with Gasteiger partial charge < -0.3 is 4.90 Å². The molecule has 0 N–H and O–H groups in total. The minimum Gasteiger partial charge on any atom is -0.302 e. The molecule has 6 heteroatoms. The topological polar surface area (TPSA) is 41.4 Å². The number of aromatic nitrogens is 2. The molecular weight excluding hydrogens is 492 g/mol. The summed E-state index contributed by atoms with van der Waals surface area (Å²) in [7, 11) is 0. The first-order valence-electron chi connectivity index (χ1n) is 13.9.